The van der Waals surface area contributed by atoms with E-state index in [1.54, 1.807) is 30.0 Å². The van der Waals surface area contributed by atoms with Crippen molar-refractivity contribution in [2.45, 2.75) is 6.92 Å². The minimum atomic E-state index is -1.04. The molecule has 0 unspecified atom stereocenters. The summed E-state index contributed by atoms with van der Waals surface area (Å²) in [6.45, 7) is 9.74. The van der Waals surface area contributed by atoms with Crippen LogP contribution < -0.4 is 0 Å². The van der Waals surface area contributed by atoms with Gasteiger partial charge in [0.1, 0.15) is 0 Å². The molecule has 0 radical (unpaired) electrons. The van der Waals surface area contributed by atoms with E-state index in [1.165, 1.54) is 12.1 Å². The normalized spacial score (nSPS) is 9.74. The zero-order valence-corrected chi connectivity index (χ0v) is 10.9. The predicted molar refractivity (Wildman–Crippen MR) is 74.4 cm³/mol. The maximum Gasteiger partial charge on any atom is 0.335 e. The van der Waals surface area contributed by atoms with Crippen LogP contribution in [0.4, 0.5) is 0 Å². The lowest BCUT2D eigenvalue weighted by atomic mass is 10.1. The van der Waals surface area contributed by atoms with Gasteiger partial charge in [-0.05, 0) is 30.7 Å². The Kier molecular flexibility index (Phi) is 5.06. The van der Waals surface area contributed by atoms with Crippen LogP contribution in [0.3, 0.4) is 0 Å². The first-order valence-electron chi connectivity index (χ1n) is 5.85. The summed E-state index contributed by atoms with van der Waals surface area (Å²) in [7, 11) is 0. The number of carboxylic acid groups (broad SMARTS) is 1. The first-order valence-corrected chi connectivity index (χ1v) is 5.85. The van der Waals surface area contributed by atoms with E-state index in [1.807, 2.05) is 0 Å². The van der Waals surface area contributed by atoms with Crippen LogP contribution in [-0.2, 0) is 0 Å². The van der Waals surface area contributed by atoms with Crippen molar-refractivity contribution in [3.05, 3.63) is 60.2 Å². The topological polar surface area (TPSA) is 57.6 Å². The number of amides is 1. The number of hydrogen-bond donors (Lipinski definition) is 1. The molecule has 19 heavy (non-hydrogen) atoms. The number of carboxylic acids is 1. The van der Waals surface area contributed by atoms with E-state index in [9.17, 15) is 9.59 Å². The van der Waals surface area contributed by atoms with Crippen molar-refractivity contribution in [1.82, 2.24) is 4.90 Å². The van der Waals surface area contributed by atoms with Crippen molar-refractivity contribution in [2.75, 3.05) is 13.1 Å². The Labute approximate surface area is 112 Å². The molecule has 0 aliphatic carbocycles. The Morgan fingerprint density at radius 1 is 1.16 bits per heavy atom. The van der Waals surface area contributed by atoms with Crippen molar-refractivity contribution in [3.8, 4) is 0 Å². The van der Waals surface area contributed by atoms with Crippen molar-refractivity contribution >= 4 is 11.9 Å². The predicted octanol–water partition coefficient (Wildman–Crippen LogP) is 2.51. The van der Waals surface area contributed by atoms with Crippen LogP contribution in [0.5, 0.6) is 0 Å². The third-order valence-electron chi connectivity index (χ3n) is 2.56. The largest absolute Gasteiger partial charge is 0.478 e. The van der Waals surface area contributed by atoms with E-state index in [0.29, 0.717) is 18.7 Å². The molecule has 1 aromatic carbocycles. The molecule has 4 nitrogen and oxygen atoms in total. The molecule has 0 saturated carbocycles. The second-order valence-electron chi connectivity index (χ2n) is 4.18. The zero-order valence-electron chi connectivity index (χ0n) is 10.9. The maximum atomic E-state index is 12.3. The summed E-state index contributed by atoms with van der Waals surface area (Å²) in [6, 6.07) is 4.59. The summed E-state index contributed by atoms with van der Waals surface area (Å²) in [5.74, 6) is -1.28. The third kappa shape index (κ3) is 3.81. The highest BCUT2D eigenvalue weighted by molar-refractivity contribution is 5.98. The van der Waals surface area contributed by atoms with Crippen LogP contribution in [0.15, 0.2) is 43.5 Å². The molecular weight excluding hydrogens is 242 g/mol. The van der Waals surface area contributed by atoms with Gasteiger partial charge in [-0.1, -0.05) is 12.2 Å². The van der Waals surface area contributed by atoms with Gasteiger partial charge in [-0.15, -0.1) is 13.2 Å². The van der Waals surface area contributed by atoms with Gasteiger partial charge >= 0.3 is 5.97 Å². The first-order chi connectivity index (χ1) is 8.99. The molecule has 100 valence electrons. The van der Waals surface area contributed by atoms with Gasteiger partial charge in [-0.3, -0.25) is 4.79 Å². The van der Waals surface area contributed by atoms with E-state index in [4.69, 9.17) is 5.11 Å². The van der Waals surface area contributed by atoms with E-state index in [0.717, 1.165) is 5.56 Å². The summed E-state index contributed by atoms with van der Waals surface area (Å²) in [5.41, 5.74) is 1.21. The molecule has 0 aromatic heterocycles. The van der Waals surface area contributed by atoms with Gasteiger partial charge in [0.15, 0.2) is 0 Å². The third-order valence-corrected chi connectivity index (χ3v) is 2.56. The molecule has 4 heteroatoms. The fourth-order valence-electron chi connectivity index (χ4n) is 1.76. The van der Waals surface area contributed by atoms with Crippen LogP contribution in [0.25, 0.3) is 0 Å². The number of nitrogens with zero attached hydrogens (tertiary/aromatic N) is 1. The quantitative estimate of drug-likeness (QED) is 0.798. The summed E-state index contributed by atoms with van der Waals surface area (Å²) >= 11 is 0. The molecule has 0 aliphatic heterocycles. The van der Waals surface area contributed by atoms with Gasteiger partial charge in [-0.25, -0.2) is 4.79 Å². The minimum absolute atomic E-state index is 0.112. The fourth-order valence-corrected chi connectivity index (χ4v) is 1.76. The summed E-state index contributed by atoms with van der Waals surface area (Å²) < 4.78 is 0. The van der Waals surface area contributed by atoms with E-state index in [-0.39, 0.29) is 11.5 Å². The molecule has 1 rings (SSSR count). The van der Waals surface area contributed by atoms with Crippen molar-refractivity contribution in [2.24, 2.45) is 0 Å². The minimum Gasteiger partial charge on any atom is -0.478 e. The Balaban J connectivity index is 3.12. The molecule has 0 bridgehead atoms. The molecule has 0 heterocycles. The monoisotopic (exact) mass is 259 g/mol. The second kappa shape index (κ2) is 6.54. The molecule has 0 saturated heterocycles. The fraction of sp³-hybridized carbons (Fsp3) is 0.200. The molecule has 1 N–H and O–H groups in total. The SMILES string of the molecule is C=CCN(CC=C)C(=O)c1cc(C)cc(C(=O)O)c1. The van der Waals surface area contributed by atoms with Crippen LogP contribution in [0.2, 0.25) is 0 Å². The number of carbonyl (C=O) groups is 2. The van der Waals surface area contributed by atoms with Crippen LogP contribution in [0.1, 0.15) is 26.3 Å². The lowest BCUT2D eigenvalue weighted by Gasteiger charge is -2.19. The van der Waals surface area contributed by atoms with E-state index >= 15 is 0 Å². The lowest BCUT2D eigenvalue weighted by Crippen LogP contribution is -2.31. The van der Waals surface area contributed by atoms with E-state index in [2.05, 4.69) is 13.2 Å². The average molecular weight is 259 g/mol. The highest BCUT2D eigenvalue weighted by atomic mass is 16.4. The Bertz CT molecular complexity index is 510. The standard InChI is InChI=1S/C15H17NO3/c1-4-6-16(7-5-2)14(17)12-8-11(3)9-13(10-12)15(18)19/h4-5,8-10H,1-2,6-7H2,3H3,(H,18,19). The van der Waals surface area contributed by atoms with Crippen LogP contribution >= 0.6 is 0 Å². The van der Waals surface area contributed by atoms with Crippen molar-refractivity contribution in [1.29, 1.82) is 0 Å². The molecule has 0 atom stereocenters. The number of hydrogen-bond acceptors (Lipinski definition) is 2. The van der Waals surface area contributed by atoms with Gasteiger partial charge in [0, 0.05) is 18.7 Å². The van der Waals surface area contributed by atoms with Crippen molar-refractivity contribution in [3.63, 3.8) is 0 Å². The number of aryl methyl sites for hydroxylation is 1. The molecular formula is C15H17NO3. The Morgan fingerprint density at radius 2 is 1.68 bits per heavy atom. The second-order valence-corrected chi connectivity index (χ2v) is 4.18. The summed E-state index contributed by atoms with van der Waals surface area (Å²) in [6.07, 6.45) is 3.24. The zero-order chi connectivity index (χ0) is 14.4. The van der Waals surface area contributed by atoms with E-state index < -0.39 is 5.97 Å². The van der Waals surface area contributed by atoms with Gasteiger partial charge in [0.05, 0.1) is 5.56 Å². The maximum absolute atomic E-state index is 12.3. The number of carbonyl (C=O) groups excluding carboxylic acids is 1. The van der Waals surface area contributed by atoms with Crippen LogP contribution in [0, 0.1) is 6.92 Å². The summed E-state index contributed by atoms with van der Waals surface area (Å²) in [4.78, 5) is 24.8. The van der Waals surface area contributed by atoms with Gasteiger partial charge < -0.3 is 10.0 Å². The molecule has 1 amide bonds. The van der Waals surface area contributed by atoms with Gasteiger partial charge in [0.2, 0.25) is 0 Å². The first kappa shape index (κ1) is 14.7. The van der Waals surface area contributed by atoms with Gasteiger partial charge in [-0.2, -0.15) is 0 Å². The smallest absolute Gasteiger partial charge is 0.335 e. The number of aromatic carboxylic acids is 1. The molecule has 0 spiro atoms. The van der Waals surface area contributed by atoms with Gasteiger partial charge in [0.25, 0.3) is 5.91 Å². The molecule has 0 aliphatic rings. The van der Waals surface area contributed by atoms with Crippen LogP contribution in [-0.4, -0.2) is 35.0 Å². The van der Waals surface area contributed by atoms with Crippen molar-refractivity contribution < 1.29 is 14.7 Å². The highest BCUT2D eigenvalue weighted by Crippen LogP contribution is 2.12. The Morgan fingerprint density at radius 3 is 2.16 bits per heavy atom. The molecule has 0 fully saturated rings. The lowest BCUT2D eigenvalue weighted by molar-refractivity contribution is 0.0696. The Hall–Kier alpha value is -2.36. The number of benzene rings is 1. The summed E-state index contributed by atoms with van der Waals surface area (Å²) in [5, 5.41) is 9.00. The average Bonchev–Trinajstić information content (AvgIpc) is 2.37. The number of rotatable bonds is 6. The highest BCUT2D eigenvalue weighted by Gasteiger charge is 2.16. The molecule has 1 aromatic rings.